The van der Waals surface area contributed by atoms with Crippen LogP contribution >= 0.6 is 0 Å². The summed E-state index contributed by atoms with van der Waals surface area (Å²) in [4.78, 5) is 10.7. The van der Waals surface area contributed by atoms with Crippen LogP contribution in [0.1, 0.15) is 21.5 Å². The molecule has 0 amide bonds. The molecule has 0 aliphatic carbocycles. The minimum absolute atomic E-state index is 0.132. The van der Waals surface area contributed by atoms with Gasteiger partial charge in [0.2, 0.25) is 0 Å². The van der Waals surface area contributed by atoms with Gasteiger partial charge in [0.25, 0.3) is 0 Å². The molecule has 100 valence electrons. The Bertz CT molecular complexity index is 720. The summed E-state index contributed by atoms with van der Waals surface area (Å²) in [6.45, 7) is 1.84. The highest BCUT2D eigenvalue weighted by Crippen LogP contribution is 2.27. The van der Waals surface area contributed by atoms with E-state index in [4.69, 9.17) is 15.1 Å². The lowest BCUT2D eigenvalue weighted by molar-refractivity contribution is 0.0692. The van der Waals surface area contributed by atoms with E-state index in [1.807, 2.05) is 13.0 Å². The Balaban J connectivity index is 2.34. The van der Waals surface area contributed by atoms with E-state index in [1.165, 1.54) is 6.07 Å². The van der Waals surface area contributed by atoms with Gasteiger partial charge in [-0.25, -0.2) is 9.18 Å². The Kier molecular flexibility index (Phi) is 3.67. The number of aryl methyl sites for hydroxylation is 1. The van der Waals surface area contributed by atoms with Crippen LogP contribution in [0.25, 0.3) is 0 Å². The van der Waals surface area contributed by atoms with Gasteiger partial charge in [-0.05, 0) is 36.8 Å². The van der Waals surface area contributed by atoms with Gasteiger partial charge in [-0.15, -0.1) is 0 Å². The quantitative estimate of drug-likeness (QED) is 0.927. The van der Waals surface area contributed by atoms with Gasteiger partial charge in [-0.2, -0.15) is 5.26 Å². The molecule has 2 aromatic rings. The number of carbonyl (C=O) groups is 1. The second-order valence-corrected chi connectivity index (χ2v) is 4.16. The smallest absolute Gasteiger partial charge is 0.338 e. The van der Waals surface area contributed by atoms with Gasteiger partial charge >= 0.3 is 5.97 Å². The van der Waals surface area contributed by atoms with E-state index >= 15 is 0 Å². The second-order valence-electron chi connectivity index (χ2n) is 4.16. The lowest BCUT2D eigenvalue weighted by atomic mass is 10.1. The van der Waals surface area contributed by atoms with Crippen molar-refractivity contribution in [2.24, 2.45) is 0 Å². The summed E-state index contributed by atoms with van der Waals surface area (Å²) in [6.07, 6.45) is 0. The highest BCUT2D eigenvalue weighted by Gasteiger charge is 2.12. The maximum Gasteiger partial charge on any atom is 0.338 e. The molecule has 0 saturated carbocycles. The van der Waals surface area contributed by atoms with Gasteiger partial charge in [0.15, 0.2) is 0 Å². The van der Waals surface area contributed by atoms with E-state index in [1.54, 1.807) is 18.2 Å². The number of carboxylic acid groups (broad SMARTS) is 1. The number of benzene rings is 2. The number of hydrogen-bond acceptors (Lipinski definition) is 3. The number of ether oxygens (including phenoxy) is 1. The van der Waals surface area contributed by atoms with E-state index < -0.39 is 17.3 Å². The van der Waals surface area contributed by atoms with Crippen LogP contribution in [-0.4, -0.2) is 11.1 Å². The maximum absolute atomic E-state index is 13.5. The molecule has 0 fully saturated rings. The highest BCUT2D eigenvalue weighted by atomic mass is 19.1. The van der Waals surface area contributed by atoms with E-state index in [2.05, 4.69) is 0 Å². The summed E-state index contributed by atoms with van der Waals surface area (Å²) >= 11 is 0. The molecular weight excluding hydrogens is 261 g/mol. The number of carboxylic acids is 1. The third kappa shape index (κ3) is 2.75. The number of hydrogen-bond donors (Lipinski definition) is 1. The molecule has 20 heavy (non-hydrogen) atoms. The minimum Gasteiger partial charge on any atom is -0.478 e. The van der Waals surface area contributed by atoms with Crippen molar-refractivity contribution in [2.75, 3.05) is 0 Å². The fourth-order valence-corrected chi connectivity index (χ4v) is 1.68. The fourth-order valence-electron chi connectivity index (χ4n) is 1.68. The lowest BCUT2D eigenvalue weighted by Crippen LogP contribution is -2.00. The van der Waals surface area contributed by atoms with Gasteiger partial charge in [0.05, 0.1) is 11.1 Å². The molecule has 1 N–H and O–H groups in total. The normalized spacial score (nSPS) is 9.85. The summed E-state index contributed by atoms with van der Waals surface area (Å²) in [7, 11) is 0. The first-order valence-corrected chi connectivity index (χ1v) is 5.72. The Morgan fingerprint density at radius 1 is 1.30 bits per heavy atom. The standard InChI is InChI=1S/C15H10FNO3/c1-9-2-5-14(10(6-9)8-17)20-11-3-4-12(15(18)19)13(16)7-11/h2-7H,1H3,(H,18,19). The van der Waals surface area contributed by atoms with Crippen molar-refractivity contribution in [1.82, 2.24) is 0 Å². The molecule has 5 heteroatoms. The second kappa shape index (κ2) is 5.41. The summed E-state index contributed by atoms with van der Waals surface area (Å²) < 4.78 is 18.9. The Morgan fingerprint density at radius 3 is 2.65 bits per heavy atom. The summed E-state index contributed by atoms with van der Waals surface area (Å²) in [5, 5.41) is 17.7. The van der Waals surface area contributed by atoms with Crippen molar-refractivity contribution < 1.29 is 19.0 Å². The zero-order valence-electron chi connectivity index (χ0n) is 10.6. The predicted molar refractivity (Wildman–Crippen MR) is 69.3 cm³/mol. The van der Waals surface area contributed by atoms with Gasteiger partial charge in [0.1, 0.15) is 23.4 Å². The van der Waals surface area contributed by atoms with Crippen molar-refractivity contribution in [3.63, 3.8) is 0 Å². The number of halogens is 1. The summed E-state index contributed by atoms with van der Waals surface area (Å²) in [5.74, 6) is -1.81. The van der Waals surface area contributed by atoms with Gasteiger partial charge in [-0.1, -0.05) is 6.07 Å². The Morgan fingerprint density at radius 2 is 2.05 bits per heavy atom. The number of aromatic carboxylic acids is 1. The van der Waals surface area contributed by atoms with Crippen molar-refractivity contribution in [2.45, 2.75) is 6.92 Å². The average Bonchev–Trinajstić information content (AvgIpc) is 2.40. The van der Waals surface area contributed by atoms with E-state index in [9.17, 15) is 9.18 Å². The number of rotatable bonds is 3. The average molecular weight is 271 g/mol. The number of nitriles is 1. The first kappa shape index (κ1) is 13.6. The molecule has 4 nitrogen and oxygen atoms in total. The van der Waals surface area contributed by atoms with Crippen LogP contribution in [0.5, 0.6) is 11.5 Å². The molecule has 0 aliphatic heterocycles. The van der Waals surface area contributed by atoms with Gasteiger partial charge in [0, 0.05) is 6.07 Å². The van der Waals surface area contributed by atoms with Crippen molar-refractivity contribution in [3.05, 3.63) is 58.9 Å². The van der Waals surface area contributed by atoms with Crippen molar-refractivity contribution in [1.29, 1.82) is 5.26 Å². The molecular formula is C15H10FNO3. The van der Waals surface area contributed by atoms with Gasteiger partial charge < -0.3 is 9.84 Å². The van der Waals surface area contributed by atoms with Crippen LogP contribution in [0.3, 0.4) is 0 Å². The Hall–Kier alpha value is -2.87. The van der Waals surface area contributed by atoms with Crippen molar-refractivity contribution in [3.8, 4) is 17.6 Å². The van der Waals surface area contributed by atoms with Crippen LogP contribution < -0.4 is 4.74 Å². The first-order chi connectivity index (χ1) is 9.51. The molecule has 0 atom stereocenters. The number of nitrogens with zero attached hydrogens (tertiary/aromatic N) is 1. The van der Waals surface area contributed by atoms with Crippen LogP contribution in [0, 0.1) is 24.1 Å². The topological polar surface area (TPSA) is 70.3 Å². The summed E-state index contributed by atoms with van der Waals surface area (Å²) in [5.41, 5.74) is 0.802. The monoisotopic (exact) mass is 271 g/mol. The maximum atomic E-state index is 13.5. The third-order valence-electron chi connectivity index (χ3n) is 2.65. The molecule has 2 rings (SSSR count). The van der Waals surface area contributed by atoms with Crippen LogP contribution in [0.4, 0.5) is 4.39 Å². The van der Waals surface area contributed by atoms with E-state index in [0.717, 1.165) is 17.7 Å². The SMILES string of the molecule is Cc1ccc(Oc2ccc(C(=O)O)c(F)c2)c(C#N)c1. The third-order valence-corrected chi connectivity index (χ3v) is 2.65. The van der Waals surface area contributed by atoms with Crippen LogP contribution in [0.2, 0.25) is 0 Å². The summed E-state index contributed by atoms with van der Waals surface area (Å²) in [6, 6.07) is 10.4. The molecule has 0 heterocycles. The minimum atomic E-state index is -1.35. The largest absolute Gasteiger partial charge is 0.478 e. The fraction of sp³-hybridized carbons (Fsp3) is 0.0667. The molecule has 0 radical (unpaired) electrons. The zero-order valence-corrected chi connectivity index (χ0v) is 10.6. The lowest BCUT2D eigenvalue weighted by Gasteiger charge is -2.08. The Labute approximate surface area is 114 Å². The van der Waals surface area contributed by atoms with E-state index in [-0.39, 0.29) is 5.75 Å². The molecule has 0 aromatic heterocycles. The van der Waals surface area contributed by atoms with E-state index in [0.29, 0.717) is 11.3 Å². The molecule has 0 saturated heterocycles. The molecule has 0 bridgehead atoms. The molecule has 0 aliphatic rings. The molecule has 2 aromatic carbocycles. The zero-order chi connectivity index (χ0) is 14.7. The van der Waals surface area contributed by atoms with Gasteiger partial charge in [-0.3, -0.25) is 0 Å². The van der Waals surface area contributed by atoms with Crippen LogP contribution in [0.15, 0.2) is 36.4 Å². The highest BCUT2D eigenvalue weighted by molar-refractivity contribution is 5.88. The molecule has 0 unspecified atom stereocenters. The molecule has 0 spiro atoms. The van der Waals surface area contributed by atoms with Crippen LogP contribution in [-0.2, 0) is 0 Å². The van der Waals surface area contributed by atoms with Crippen molar-refractivity contribution >= 4 is 5.97 Å². The predicted octanol–water partition coefficient (Wildman–Crippen LogP) is 3.50. The first-order valence-electron chi connectivity index (χ1n) is 5.72.